The SMILES string of the molecule is CC(C)(C)CCC/C=C/S(=O)(=O)CC1(c2ccc(F)c(OCC3CC3)c2)CC1. The fourth-order valence-corrected chi connectivity index (χ4v) is 5.25. The normalized spacial score (nSPS) is 19.1. The molecule has 0 aromatic heterocycles. The molecule has 1 aromatic carbocycles. The molecule has 0 unspecified atom stereocenters. The fraction of sp³-hybridized carbons (Fsp3) is 0.652. The van der Waals surface area contributed by atoms with Crippen LogP contribution in [0.25, 0.3) is 0 Å². The third-order valence-corrected chi connectivity index (χ3v) is 7.21. The Morgan fingerprint density at radius 1 is 1.25 bits per heavy atom. The van der Waals surface area contributed by atoms with Gasteiger partial charge in [-0.05, 0) is 74.0 Å². The van der Waals surface area contributed by atoms with Crippen molar-refractivity contribution in [1.29, 1.82) is 0 Å². The summed E-state index contributed by atoms with van der Waals surface area (Å²) in [6, 6.07) is 4.84. The molecular weight excluding hydrogens is 375 g/mol. The number of hydrogen-bond acceptors (Lipinski definition) is 3. The second kappa shape index (κ2) is 8.17. The standard InChI is InChI=1S/C23H33FO3S/c1-22(2,3)11-5-4-6-14-28(25,26)17-23(12-13-23)19-9-10-20(24)21(15-19)27-16-18-7-8-18/h6,9-10,14-15,18H,4-5,7-8,11-13,16-17H2,1-3H3/b14-6+. The molecule has 0 saturated heterocycles. The molecule has 28 heavy (non-hydrogen) atoms. The second-order valence-corrected chi connectivity index (χ2v) is 11.7. The molecule has 2 aliphatic rings. The third kappa shape index (κ3) is 6.33. The molecule has 0 N–H and O–H groups in total. The predicted molar refractivity (Wildman–Crippen MR) is 112 cm³/mol. The first kappa shape index (κ1) is 21.4. The van der Waals surface area contributed by atoms with Crippen molar-refractivity contribution >= 4 is 9.84 Å². The van der Waals surface area contributed by atoms with Gasteiger partial charge in [0.15, 0.2) is 21.4 Å². The Morgan fingerprint density at radius 2 is 1.96 bits per heavy atom. The van der Waals surface area contributed by atoms with Gasteiger partial charge in [-0.15, -0.1) is 0 Å². The summed E-state index contributed by atoms with van der Waals surface area (Å²) < 4.78 is 44.9. The predicted octanol–water partition coefficient (Wildman–Crippen LogP) is 5.79. The molecule has 5 heteroatoms. The Labute approximate surface area is 169 Å². The van der Waals surface area contributed by atoms with Crippen molar-refractivity contribution < 1.29 is 17.5 Å². The molecule has 156 valence electrons. The Balaban J connectivity index is 1.60. The topological polar surface area (TPSA) is 43.4 Å². The van der Waals surface area contributed by atoms with Crippen LogP contribution in [0.1, 0.15) is 71.3 Å². The third-order valence-electron chi connectivity index (χ3n) is 5.65. The molecule has 2 saturated carbocycles. The van der Waals surface area contributed by atoms with Gasteiger partial charge in [-0.3, -0.25) is 0 Å². The number of sulfone groups is 1. The van der Waals surface area contributed by atoms with E-state index >= 15 is 0 Å². The first-order valence-corrected chi connectivity index (χ1v) is 12.1. The zero-order valence-corrected chi connectivity index (χ0v) is 18.2. The van der Waals surface area contributed by atoms with Gasteiger partial charge < -0.3 is 4.74 Å². The van der Waals surface area contributed by atoms with Crippen LogP contribution < -0.4 is 4.74 Å². The summed E-state index contributed by atoms with van der Waals surface area (Å²) in [5.74, 6) is 0.512. The van der Waals surface area contributed by atoms with Crippen molar-refractivity contribution in [2.75, 3.05) is 12.4 Å². The van der Waals surface area contributed by atoms with E-state index in [1.165, 1.54) is 11.5 Å². The minimum Gasteiger partial charge on any atom is -0.490 e. The van der Waals surface area contributed by atoms with E-state index in [9.17, 15) is 12.8 Å². The minimum atomic E-state index is -3.29. The molecule has 3 nitrogen and oxygen atoms in total. The monoisotopic (exact) mass is 408 g/mol. The van der Waals surface area contributed by atoms with Crippen LogP contribution in [0.15, 0.2) is 29.7 Å². The number of hydrogen-bond donors (Lipinski definition) is 0. The van der Waals surface area contributed by atoms with Crippen LogP contribution in [0.3, 0.4) is 0 Å². The van der Waals surface area contributed by atoms with Gasteiger partial charge in [0.1, 0.15) is 0 Å². The highest BCUT2D eigenvalue weighted by Crippen LogP contribution is 2.50. The number of rotatable bonds is 10. The molecule has 0 spiro atoms. The van der Waals surface area contributed by atoms with Gasteiger partial charge in [0.05, 0.1) is 12.4 Å². The quantitative estimate of drug-likeness (QED) is 0.460. The Hall–Kier alpha value is -1.36. The van der Waals surface area contributed by atoms with Crippen molar-refractivity contribution in [2.24, 2.45) is 11.3 Å². The second-order valence-electron chi connectivity index (χ2n) is 9.81. The van der Waals surface area contributed by atoms with Gasteiger partial charge in [-0.25, -0.2) is 12.8 Å². The minimum absolute atomic E-state index is 0.0868. The highest BCUT2D eigenvalue weighted by molar-refractivity contribution is 7.94. The maximum atomic E-state index is 14.1. The van der Waals surface area contributed by atoms with E-state index < -0.39 is 9.84 Å². The Bertz CT molecular complexity index is 813. The molecule has 3 rings (SSSR count). The lowest BCUT2D eigenvalue weighted by Crippen LogP contribution is -2.19. The summed E-state index contributed by atoms with van der Waals surface area (Å²) in [4.78, 5) is 0. The fourth-order valence-electron chi connectivity index (χ4n) is 3.50. The van der Waals surface area contributed by atoms with Crippen LogP contribution in [0.2, 0.25) is 0 Å². The highest BCUT2D eigenvalue weighted by atomic mass is 32.2. The molecule has 1 aromatic rings. The van der Waals surface area contributed by atoms with E-state index in [2.05, 4.69) is 20.8 Å². The van der Waals surface area contributed by atoms with E-state index in [1.807, 2.05) is 0 Å². The Kier molecular flexibility index (Phi) is 6.23. The van der Waals surface area contributed by atoms with Gasteiger partial charge in [0.25, 0.3) is 0 Å². The van der Waals surface area contributed by atoms with Gasteiger partial charge in [-0.1, -0.05) is 32.9 Å². The van der Waals surface area contributed by atoms with Crippen molar-refractivity contribution in [3.05, 3.63) is 41.1 Å². The average Bonchev–Trinajstić information content (AvgIpc) is 3.49. The van der Waals surface area contributed by atoms with E-state index in [0.717, 1.165) is 50.5 Å². The first-order chi connectivity index (χ1) is 13.1. The first-order valence-electron chi connectivity index (χ1n) is 10.4. The smallest absolute Gasteiger partial charge is 0.172 e. The van der Waals surface area contributed by atoms with E-state index in [4.69, 9.17) is 4.74 Å². The summed E-state index contributed by atoms with van der Waals surface area (Å²) in [5.41, 5.74) is 0.761. The van der Waals surface area contributed by atoms with Crippen molar-refractivity contribution in [2.45, 2.75) is 71.1 Å². The lowest BCUT2D eigenvalue weighted by molar-refractivity contribution is 0.285. The zero-order valence-electron chi connectivity index (χ0n) is 17.3. The molecule has 0 bridgehead atoms. The largest absolute Gasteiger partial charge is 0.490 e. The molecule has 0 heterocycles. The number of ether oxygens (including phenoxy) is 1. The van der Waals surface area contributed by atoms with Gasteiger partial charge >= 0.3 is 0 Å². The number of allylic oxidation sites excluding steroid dienone is 1. The van der Waals surface area contributed by atoms with Gasteiger partial charge in [-0.2, -0.15) is 0 Å². The molecule has 0 amide bonds. The molecule has 0 radical (unpaired) electrons. The summed E-state index contributed by atoms with van der Waals surface area (Å²) in [5, 5.41) is 1.38. The van der Waals surface area contributed by atoms with Gasteiger partial charge in [0, 0.05) is 10.8 Å². The molecule has 2 fully saturated rings. The van der Waals surface area contributed by atoms with Crippen LogP contribution in [-0.2, 0) is 15.3 Å². The molecule has 2 aliphatic carbocycles. The van der Waals surface area contributed by atoms with Crippen LogP contribution in [0, 0.1) is 17.2 Å². The van der Waals surface area contributed by atoms with E-state index in [-0.39, 0.29) is 28.1 Å². The molecule has 0 aliphatic heterocycles. The van der Waals surface area contributed by atoms with E-state index in [1.54, 1.807) is 18.2 Å². The van der Waals surface area contributed by atoms with Crippen molar-refractivity contribution in [3.8, 4) is 5.75 Å². The van der Waals surface area contributed by atoms with E-state index in [0.29, 0.717) is 12.5 Å². The maximum absolute atomic E-state index is 14.1. The number of halogens is 1. The summed E-state index contributed by atoms with van der Waals surface area (Å²) in [6.07, 6.45) is 8.54. The number of unbranched alkanes of at least 4 members (excludes halogenated alkanes) is 1. The van der Waals surface area contributed by atoms with Crippen LogP contribution in [-0.4, -0.2) is 20.8 Å². The highest BCUT2D eigenvalue weighted by Gasteiger charge is 2.47. The lowest BCUT2D eigenvalue weighted by Gasteiger charge is -2.17. The zero-order chi connectivity index (χ0) is 20.4. The molecular formula is C23H33FO3S. The van der Waals surface area contributed by atoms with Crippen molar-refractivity contribution in [3.63, 3.8) is 0 Å². The van der Waals surface area contributed by atoms with Gasteiger partial charge in [0.2, 0.25) is 0 Å². The van der Waals surface area contributed by atoms with Crippen LogP contribution in [0.5, 0.6) is 5.75 Å². The van der Waals surface area contributed by atoms with Crippen LogP contribution in [0.4, 0.5) is 4.39 Å². The summed E-state index contributed by atoms with van der Waals surface area (Å²) in [6.45, 7) is 7.11. The maximum Gasteiger partial charge on any atom is 0.172 e. The average molecular weight is 409 g/mol. The summed E-state index contributed by atoms with van der Waals surface area (Å²) in [7, 11) is -3.29. The summed E-state index contributed by atoms with van der Waals surface area (Å²) >= 11 is 0. The number of benzene rings is 1. The molecule has 0 atom stereocenters. The van der Waals surface area contributed by atoms with Crippen molar-refractivity contribution in [1.82, 2.24) is 0 Å². The lowest BCUT2D eigenvalue weighted by atomic mass is 9.90. The van der Waals surface area contributed by atoms with Crippen LogP contribution >= 0.6 is 0 Å². The Morgan fingerprint density at radius 3 is 2.57 bits per heavy atom.